The summed E-state index contributed by atoms with van der Waals surface area (Å²) in [6.45, 7) is 3.71. The number of amides is 1. The molecule has 0 saturated carbocycles. The lowest BCUT2D eigenvalue weighted by molar-refractivity contribution is -0.136. The standard InChI is InChI=1S/C12H14N4O3S2/c1-3-9-15-16-12(21-9)14-8(17)5-10-13-6(2)7(20-10)4-11(18)19/h3-5H2,1-2H3,(H,18,19)(H,14,16,17). The Balaban J connectivity index is 1.97. The van der Waals surface area contributed by atoms with E-state index in [1.807, 2.05) is 6.92 Å². The van der Waals surface area contributed by atoms with Gasteiger partial charge < -0.3 is 10.4 Å². The number of hydrogen-bond donors (Lipinski definition) is 2. The molecule has 2 aromatic heterocycles. The third-order valence-corrected chi connectivity index (χ3v) is 4.72. The van der Waals surface area contributed by atoms with Crippen LogP contribution in [0.5, 0.6) is 0 Å². The minimum Gasteiger partial charge on any atom is -0.481 e. The Labute approximate surface area is 129 Å². The molecule has 1 amide bonds. The zero-order chi connectivity index (χ0) is 15.4. The number of aliphatic carboxylic acids is 1. The van der Waals surface area contributed by atoms with Crippen LogP contribution < -0.4 is 5.32 Å². The topological polar surface area (TPSA) is 105 Å². The molecule has 21 heavy (non-hydrogen) atoms. The number of rotatable bonds is 6. The van der Waals surface area contributed by atoms with Crippen molar-refractivity contribution in [1.29, 1.82) is 0 Å². The molecule has 0 aliphatic heterocycles. The first kappa shape index (κ1) is 15.5. The molecule has 2 aromatic rings. The average molecular weight is 326 g/mol. The van der Waals surface area contributed by atoms with Gasteiger partial charge in [-0.3, -0.25) is 9.59 Å². The zero-order valence-corrected chi connectivity index (χ0v) is 13.2. The van der Waals surface area contributed by atoms with Crippen LogP contribution in [0.2, 0.25) is 0 Å². The predicted octanol–water partition coefficient (Wildman–Crippen LogP) is 1.67. The Morgan fingerprint density at radius 1 is 1.19 bits per heavy atom. The first-order valence-electron chi connectivity index (χ1n) is 6.27. The molecule has 0 bridgehead atoms. The van der Waals surface area contributed by atoms with E-state index in [9.17, 15) is 9.59 Å². The summed E-state index contributed by atoms with van der Waals surface area (Å²) in [7, 11) is 0. The number of hydrogen-bond acceptors (Lipinski definition) is 7. The van der Waals surface area contributed by atoms with Gasteiger partial charge in [-0.15, -0.1) is 21.5 Å². The molecule has 7 nitrogen and oxygen atoms in total. The molecule has 2 rings (SSSR count). The van der Waals surface area contributed by atoms with Gasteiger partial charge in [0.05, 0.1) is 18.5 Å². The molecule has 9 heteroatoms. The Kier molecular flexibility index (Phi) is 4.97. The fourth-order valence-corrected chi connectivity index (χ4v) is 3.37. The van der Waals surface area contributed by atoms with Crippen molar-refractivity contribution >= 4 is 39.7 Å². The van der Waals surface area contributed by atoms with Crippen LogP contribution in [0.25, 0.3) is 0 Å². The third kappa shape index (κ3) is 4.30. The number of carboxylic acids is 1. The van der Waals surface area contributed by atoms with Crippen LogP contribution >= 0.6 is 22.7 Å². The molecule has 0 unspecified atom stereocenters. The molecule has 0 fully saturated rings. The van der Waals surface area contributed by atoms with E-state index in [2.05, 4.69) is 20.5 Å². The summed E-state index contributed by atoms with van der Waals surface area (Å²) in [5.74, 6) is -1.14. The molecule has 0 aliphatic rings. The fourth-order valence-electron chi connectivity index (χ4n) is 1.61. The lowest BCUT2D eigenvalue weighted by Crippen LogP contribution is -2.14. The first-order chi connectivity index (χ1) is 9.97. The van der Waals surface area contributed by atoms with Crippen molar-refractivity contribution in [2.75, 3.05) is 5.32 Å². The Hall–Kier alpha value is -1.87. The second kappa shape index (κ2) is 6.72. The molecule has 0 spiro atoms. The van der Waals surface area contributed by atoms with Crippen molar-refractivity contribution < 1.29 is 14.7 Å². The van der Waals surface area contributed by atoms with E-state index in [1.165, 1.54) is 22.7 Å². The minimum absolute atomic E-state index is 0.0681. The predicted molar refractivity (Wildman–Crippen MR) is 79.8 cm³/mol. The van der Waals surface area contributed by atoms with E-state index in [1.54, 1.807) is 6.92 Å². The lowest BCUT2D eigenvalue weighted by atomic mass is 10.3. The second-order valence-electron chi connectivity index (χ2n) is 4.27. The highest BCUT2D eigenvalue weighted by Gasteiger charge is 2.14. The summed E-state index contributed by atoms with van der Waals surface area (Å²) in [5, 5.41) is 21.2. The van der Waals surface area contributed by atoms with Crippen molar-refractivity contribution in [3.05, 3.63) is 20.6 Å². The summed E-state index contributed by atoms with van der Waals surface area (Å²) in [4.78, 5) is 27.5. The van der Waals surface area contributed by atoms with Gasteiger partial charge in [-0.05, 0) is 13.3 Å². The molecule has 0 radical (unpaired) electrons. The average Bonchev–Trinajstić information content (AvgIpc) is 2.96. The highest BCUT2D eigenvalue weighted by atomic mass is 32.1. The Morgan fingerprint density at radius 2 is 1.95 bits per heavy atom. The molecular formula is C12H14N4O3S2. The Morgan fingerprint density at radius 3 is 2.57 bits per heavy atom. The number of thiazole rings is 1. The van der Waals surface area contributed by atoms with E-state index < -0.39 is 5.97 Å². The number of carbonyl (C=O) groups is 2. The molecule has 112 valence electrons. The molecule has 0 aromatic carbocycles. The van der Waals surface area contributed by atoms with Crippen molar-refractivity contribution in [3.8, 4) is 0 Å². The first-order valence-corrected chi connectivity index (χ1v) is 7.90. The maximum Gasteiger partial charge on any atom is 0.308 e. The van der Waals surface area contributed by atoms with Gasteiger partial charge in [0.15, 0.2) is 0 Å². The molecular weight excluding hydrogens is 312 g/mol. The van der Waals surface area contributed by atoms with Crippen LogP contribution in [0.4, 0.5) is 5.13 Å². The van der Waals surface area contributed by atoms with Gasteiger partial charge in [0.2, 0.25) is 11.0 Å². The Bertz CT molecular complexity index is 665. The number of nitrogens with zero attached hydrogens (tertiary/aromatic N) is 3. The van der Waals surface area contributed by atoms with Crippen molar-refractivity contribution in [1.82, 2.24) is 15.2 Å². The zero-order valence-electron chi connectivity index (χ0n) is 11.5. The highest BCUT2D eigenvalue weighted by Crippen LogP contribution is 2.20. The van der Waals surface area contributed by atoms with Gasteiger partial charge >= 0.3 is 5.97 Å². The smallest absolute Gasteiger partial charge is 0.308 e. The normalized spacial score (nSPS) is 10.6. The van der Waals surface area contributed by atoms with Gasteiger partial charge in [-0.25, -0.2) is 4.98 Å². The number of anilines is 1. The highest BCUT2D eigenvalue weighted by molar-refractivity contribution is 7.15. The number of carbonyl (C=O) groups excluding carboxylic acids is 1. The van der Waals surface area contributed by atoms with Crippen LogP contribution in [-0.2, 0) is 28.9 Å². The summed E-state index contributed by atoms with van der Waals surface area (Å²) < 4.78 is 0. The fraction of sp³-hybridized carbons (Fsp3) is 0.417. The number of aryl methyl sites for hydroxylation is 2. The van der Waals surface area contributed by atoms with Crippen LogP contribution in [-0.4, -0.2) is 32.2 Å². The van der Waals surface area contributed by atoms with E-state index in [4.69, 9.17) is 5.11 Å². The van der Waals surface area contributed by atoms with Crippen molar-refractivity contribution in [3.63, 3.8) is 0 Å². The van der Waals surface area contributed by atoms with Crippen LogP contribution in [0.3, 0.4) is 0 Å². The van der Waals surface area contributed by atoms with Gasteiger partial charge in [-0.1, -0.05) is 18.3 Å². The summed E-state index contributed by atoms with van der Waals surface area (Å²) in [6, 6.07) is 0. The van der Waals surface area contributed by atoms with Crippen LogP contribution in [0, 0.1) is 6.92 Å². The molecule has 0 atom stereocenters. The number of aromatic nitrogens is 3. The van der Waals surface area contributed by atoms with Crippen molar-refractivity contribution in [2.24, 2.45) is 0 Å². The van der Waals surface area contributed by atoms with Gasteiger partial charge in [0.1, 0.15) is 10.0 Å². The quantitative estimate of drug-likeness (QED) is 0.836. The molecule has 2 N–H and O–H groups in total. The maximum absolute atomic E-state index is 11.9. The van der Waals surface area contributed by atoms with E-state index in [0.29, 0.717) is 20.7 Å². The largest absolute Gasteiger partial charge is 0.481 e. The third-order valence-electron chi connectivity index (χ3n) is 2.58. The number of nitrogens with one attached hydrogen (secondary N) is 1. The monoisotopic (exact) mass is 326 g/mol. The summed E-state index contributed by atoms with van der Waals surface area (Å²) in [6.07, 6.45) is 0.811. The van der Waals surface area contributed by atoms with Crippen LogP contribution in [0.1, 0.15) is 27.5 Å². The maximum atomic E-state index is 11.9. The van der Waals surface area contributed by atoms with Crippen LogP contribution in [0.15, 0.2) is 0 Å². The SMILES string of the molecule is CCc1nnc(NC(=O)Cc2nc(C)c(CC(=O)O)s2)s1. The summed E-state index contributed by atoms with van der Waals surface area (Å²) >= 11 is 2.59. The summed E-state index contributed by atoms with van der Waals surface area (Å²) in [5.41, 5.74) is 0.661. The van der Waals surface area contributed by atoms with E-state index >= 15 is 0 Å². The minimum atomic E-state index is -0.904. The molecule has 0 aliphatic carbocycles. The van der Waals surface area contributed by atoms with Crippen molar-refractivity contribution in [2.45, 2.75) is 33.1 Å². The van der Waals surface area contributed by atoms with Gasteiger partial charge in [0, 0.05) is 4.88 Å². The van der Waals surface area contributed by atoms with E-state index in [-0.39, 0.29) is 18.7 Å². The second-order valence-corrected chi connectivity index (χ2v) is 6.50. The number of carboxylic acid groups (broad SMARTS) is 1. The van der Waals surface area contributed by atoms with Gasteiger partial charge in [0.25, 0.3) is 0 Å². The molecule has 2 heterocycles. The lowest BCUT2D eigenvalue weighted by Gasteiger charge is -1.97. The van der Waals surface area contributed by atoms with E-state index in [0.717, 1.165) is 11.4 Å². The molecule has 0 saturated heterocycles. The van der Waals surface area contributed by atoms with Gasteiger partial charge in [-0.2, -0.15) is 0 Å².